The number of aryl methyl sites for hydroxylation is 2. The molecular formula is C50H57NO7. The maximum Gasteiger partial charge on any atom is 0.161 e. The third-order valence-electron chi connectivity index (χ3n) is 12.0. The third kappa shape index (κ3) is 10.2. The number of ketones is 1. The van der Waals surface area contributed by atoms with Gasteiger partial charge in [-0.05, 0) is 146 Å². The molecule has 4 aliphatic rings. The van der Waals surface area contributed by atoms with E-state index in [0.29, 0.717) is 43.9 Å². The predicted octanol–water partition coefficient (Wildman–Crippen LogP) is 10.0. The van der Waals surface area contributed by atoms with Crippen LogP contribution in [0.3, 0.4) is 0 Å². The Labute approximate surface area is 342 Å². The SMILES string of the molecule is COc1ccc2cc1OCc1ccc3c(c(O)ccc3c1)C1(C#CO[C@@H](C[C@H]3C=C(O)C=C[C@H]3CCCCc3cccc(NC[C@H](C)O)c3)CC(=O)CC2)CCCC1. The first-order valence-electron chi connectivity index (χ1n) is 21.0. The van der Waals surface area contributed by atoms with Crippen molar-refractivity contribution in [3.63, 3.8) is 0 Å². The average molecular weight is 784 g/mol. The van der Waals surface area contributed by atoms with E-state index in [0.717, 1.165) is 84.5 Å². The molecule has 4 aromatic rings. The van der Waals surface area contributed by atoms with Gasteiger partial charge in [0.15, 0.2) is 11.5 Å². The molecule has 8 heteroatoms. The smallest absolute Gasteiger partial charge is 0.161 e. The molecule has 2 aliphatic carbocycles. The molecular weight excluding hydrogens is 727 g/mol. The molecule has 8 nitrogen and oxygen atoms in total. The number of aliphatic hydroxyl groups is 2. The molecule has 2 heterocycles. The number of hydrogen-bond donors (Lipinski definition) is 4. The van der Waals surface area contributed by atoms with Crippen molar-refractivity contribution in [2.24, 2.45) is 11.8 Å². The van der Waals surface area contributed by atoms with E-state index in [4.69, 9.17) is 14.2 Å². The van der Waals surface area contributed by atoms with Crippen LogP contribution in [0.4, 0.5) is 5.69 Å². The number of unbranched alkanes of at least 4 members (excludes halogenated alkanes) is 1. The molecule has 0 radical (unpaired) electrons. The van der Waals surface area contributed by atoms with E-state index in [1.807, 2.05) is 48.5 Å². The summed E-state index contributed by atoms with van der Waals surface area (Å²) in [5, 5.41) is 37.0. The molecule has 4 atom stereocenters. The highest BCUT2D eigenvalue weighted by molar-refractivity contribution is 5.90. The van der Waals surface area contributed by atoms with E-state index in [-0.39, 0.29) is 35.5 Å². The van der Waals surface area contributed by atoms with Crippen molar-refractivity contribution in [2.75, 3.05) is 19.0 Å². The molecule has 1 saturated carbocycles. The fourth-order valence-electron chi connectivity index (χ4n) is 8.98. The van der Waals surface area contributed by atoms with Gasteiger partial charge in [0.1, 0.15) is 36.1 Å². The summed E-state index contributed by atoms with van der Waals surface area (Å²) in [4.78, 5) is 13.8. The van der Waals surface area contributed by atoms with E-state index in [1.165, 1.54) is 5.56 Å². The number of aromatic hydroxyl groups is 1. The van der Waals surface area contributed by atoms with Gasteiger partial charge >= 0.3 is 0 Å². The van der Waals surface area contributed by atoms with E-state index >= 15 is 0 Å². The minimum atomic E-state index is -0.591. The molecule has 2 aliphatic heterocycles. The highest BCUT2D eigenvalue weighted by Crippen LogP contribution is 2.47. The molecule has 58 heavy (non-hydrogen) atoms. The first kappa shape index (κ1) is 40.8. The molecule has 0 amide bonds. The average Bonchev–Trinajstić information content (AvgIpc) is 3.69. The van der Waals surface area contributed by atoms with Gasteiger partial charge in [-0.1, -0.05) is 61.7 Å². The minimum absolute atomic E-state index is 0.0303. The van der Waals surface area contributed by atoms with Gasteiger partial charge in [-0.3, -0.25) is 4.79 Å². The molecule has 1 spiro atoms. The summed E-state index contributed by atoms with van der Waals surface area (Å²) in [6.45, 7) is 2.62. The summed E-state index contributed by atoms with van der Waals surface area (Å²) in [6, 6.07) is 24.1. The Hall–Kier alpha value is -5.39. The second-order valence-corrected chi connectivity index (χ2v) is 16.5. The number of methoxy groups -OCH3 is 1. The second-order valence-electron chi connectivity index (χ2n) is 16.5. The fourth-order valence-corrected chi connectivity index (χ4v) is 8.98. The summed E-state index contributed by atoms with van der Waals surface area (Å²) < 4.78 is 18.4. The van der Waals surface area contributed by atoms with Gasteiger partial charge in [0, 0.05) is 30.6 Å². The van der Waals surface area contributed by atoms with E-state index in [1.54, 1.807) is 26.2 Å². The number of Topliss-reactive ketones (excluding diaryl/α,β-unsaturated/α-hetero) is 1. The number of phenolic OH excluding ortho intramolecular Hbond substituents is 1. The zero-order chi connectivity index (χ0) is 40.5. The van der Waals surface area contributed by atoms with Crippen LogP contribution in [-0.2, 0) is 34.4 Å². The number of nitrogens with one attached hydrogen (secondary N) is 1. The zero-order valence-electron chi connectivity index (χ0n) is 33.8. The monoisotopic (exact) mass is 783 g/mol. The summed E-state index contributed by atoms with van der Waals surface area (Å²) in [5.74, 6) is 5.45. The molecule has 0 saturated heterocycles. The first-order chi connectivity index (χ1) is 28.2. The number of phenols is 1. The molecule has 4 N–H and O–H groups in total. The highest BCUT2D eigenvalue weighted by Gasteiger charge is 2.38. The van der Waals surface area contributed by atoms with Crippen LogP contribution < -0.4 is 14.8 Å². The van der Waals surface area contributed by atoms with Crippen molar-refractivity contribution in [3.05, 3.63) is 119 Å². The van der Waals surface area contributed by atoms with Crippen LogP contribution in [0.2, 0.25) is 0 Å². The third-order valence-corrected chi connectivity index (χ3v) is 12.0. The number of fused-ring (bicyclic) bond motifs is 8. The van der Waals surface area contributed by atoms with Crippen LogP contribution in [-0.4, -0.2) is 47.0 Å². The van der Waals surface area contributed by atoms with Gasteiger partial charge < -0.3 is 34.8 Å². The van der Waals surface area contributed by atoms with Crippen LogP contribution in [0.5, 0.6) is 17.2 Å². The van der Waals surface area contributed by atoms with Crippen molar-refractivity contribution in [1.29, 1.82) is 0 Å². The lowest BCUT2D eigenvalue weighted by molar-refractivity contribution is -0.121. The number of carbonyl (C=O) groups is 1. The molecule has 304 valence electrons. The normalized spacial score (nSPS) is 20.9. The number of ether oxygens (including phenoxy) is 3. The van der Waals surface area contributed by atoms with Gasteiger partial charge in [-0.25, -0.2) is 0 Å². The van der Waals surface area contributed by atoms with Crippen LogP contribution >= 0.6 is 0 Å². The predicted molar refractivity (Wildman–Crippen MR) is 229 cm³/mol. The van der Waals surface area contributed by atoms with Crippen molar-refractivity contribution in [3.8, 4) is 29.3 Å². The van der Waals surface area contributed by atoms with Gasteiger partial charge in [-0.15, -0.1) is 0 Å². The summed E-state index contributed by atoms with van der Waals surface area (Å²) in [6.07, 6.45) is 17.1. The van der Waals surface area contributed by atoms with E-state index < -0.39 is 17.6 Å². The maximum absolute atomic E-state index is 13.8. The Morgan fingerprint density at radius 1 is 0.966 bits per heavy atom. The Bertz CT molecular complexity index is 2190. The number of hydrogen-bond acceptors (Lipinski definition) is 8. The molecule has 0 aromatic heterocycles. The lowest BCUT2D eigenvalue weighted by Crippen LogP contribution is -2.25. The fraction of sp³-hybridized carbons (Fsp3) is 0.420. The van der Waals surface area contributed by atoms with Crippen molar-refractivity contribution in [1.82, 2.24) is 0 Å². The first-order valence-corrected chi connectivity index (χ1v) is 21.0. The molecule has 6 bridgehead atoms. The molecule has 1 fully saturated rings. The summed E-state index contributed by atoms with van der Waals surface area (Å²) in [5.41, 5.74) is 4.48. The summed E-state index contributed by atoms with van der Waals surface area (Å²) in [7, 11) is 1.62. The van der Waals surface area contributed by atoms with Crippen LogP contribution in [0.25, 0.3) is 10.8 Å². The standard InChI is InChI=1S/C50H57NO7/c1-34(52)32-51-41-11-7-9-35(27-41)8-3-4-10-38-15-18-42(53)29-40(38)30-44-31-43(54)17-12-36-14-21-47(56-2)48(28-36)58-33-37-13-19-45-39(26-37)16-20-46(55)49(45)50(24-25-57-44)22-5-6-23-50/h7,9,11,13-16,18-21,26-29,34,38,40,44,51-53,55H,3-6,8,10,12,17,22-23,30-33H2,1-2H3/t34-,38+,40+,44-/m0/s1. The number of carbonyl (C=O) groups excluding carboxylic acids is 1. The number of allylic oxidation sites excluding steroid dienone is 3. The van der Waals surface area contributed by atoms with Gasteiger partial charge in [-0.2, -0.15) is 0 Å². The number of aliphatic hydroxyl groups excluding tert-OH is 2. The van der Waals surface area contributed by atoms with Crippen LogP contribution in [0, 0.1) is 23.9 Å². The Morgan fingerprint density at radius 3 is 2.64 bits per heavy atom. The quantitative estimate of drug-likeness (QED) is 0.0878. The molecule has 0 unspecified atom stereocenters. The van der Waals surface area contributed by atoms with Gasteiger partial charge in [0.25, 0.3) is 0 Å². The largest absolute Gasteiger partial charge is 0.508 e. The van der Waals surface area contributed by atoms with Crippen molar-refractivity contribution >= 4 is 22.2 Å². The highest BCUT2D eigenvalue weighted by atomic mass is 16.5. The topological polar surface area (TPSA) is 117 Å². The van der Waals surface area contributed by atoms with Crippen molar-refractivity contribution < 1.29 is 34.3 Å². The Balaban J connectivity index is 1.13. The minimum Gasteiger partial charge on any atom is -0.508 e. The number of benzene rings is 4. The molecule has 8 rings (SSSR count). The second kappa shape index (κ2) is 18.9. The summed E-state index contributed by atoms with van der Waals surface area (Å²) >= 11 is 0. The maximum atomic E-state index is 13.8. The zero-order valence-corrected chi connectivity index (χ0v) is 33.8. The lowest BCUT2D eigenvalue weighted by Gasteiger charge is -2.28. The number of anilines is 1. The van der Waals surface area contributed by atoms with Gasteiger partial charge in [0.05, 0.1) is 18.6 Å². The Morgan fingerprint density at radius 2 is 1.81 bits per heavy atom. The van der Waals surface area contributed by atoms with Crippen LogP contribution in [0.1, 0.15) is 93.4 Å². The van der Waals surface area contributed by atoms with Crippen molar-refractivity contribution in [2.45, 2.75) is 108 Å². The lowest BCUT2D eigenvalue weighted by atomic mass is 9.76. The number of rotatable bonds is 11. The molecule has 4 aromatic carbocycles. The Kier molecular flexibility index (Phi) is 13.3. The van der Waals surface area contributed by atoms with Crippen LogP contribution in [0.15, 0.2) is 96.8 Å². The van der Waals surface area contributed by atoms with E-state index in [2.05, 4.69) is 47.7 Å². The van der Waals surface area contributed by atoms with E-state index in [9.17, 15) is 20.1 Å². The van der Waals surface area contributed by atoms with Gasteiger partial charge in [0.2, 0.25) is 0 Å².